The van der Waals surface area contributed by atoms with Crippen molar-refractivity contribution in [3.63, 3.8) is 0 Å². The van der Waals surface area contributed by atoms with Crippen LogP contribution in [0.15, 0.2) is 42.5 Å². The number of halogens is 1. The molecule has 0 aliphatic carbocycles. The van der Waals surface area contributed by atoms with Crippen molar-refractivity contribution in [2.45, 2.75) is 27.2 Å². The highest BCUT2D eigenvalue weighted by Crippen LogP contribution is 2.37. The lowest BCUT2D eigenvalue weighted by atomic mass is 10.1. The molecule has 0 aromatic heterocycles. The molecule has 6 nitrogen and oxygen atoms in total. The van der Waals surface area contributed by atoms with E-state index in [4.69, 9.17) is 21.1 Å². The monoisotopic (exact) mass is 416 g/mol. The largest absolute Gasteiger partial charge is 0.490 e. The molecule has 0 saturated carbocycles. The summed E-state index contributed by atoms with van der Waals surface area (Å²) in [5.74, 6) is 0.139. The average molecular weight is 417 g/mol. The van der Waals surface area contributed by atoms with Gasteiger partial charge < -0.3 is 9.47 Å². The van der Waals surface area contributed by atoms with Crippen molar-refractivity contribution in [1.29, 1.82) is 0 Å². The first-order valence-electron chi connectivity index (χ1n) is 9.39. The minimum Gasteiger partial charge on any atom is -0.490 e. The van der Waals surface area contributed by atoms with Crippen molar-refractivity contribution in [3.8, 4) is 11.5 Å². The van der Waals surface area contributed by atoms with Crippen LogP contribution in [0.4, 0.5) is 0 Å². The predicted octanol–water partition coefficient (Wildman–Crippen LogP) is 4.31. The molecule has 0 saturated heterocycles. The predicted molar refractivity (Wildman–Crippen MR) is 114 cm³/mol. The van der Waals surface area contributed by atoms with Gasteiger partial charge in [0.2, 0.25) is 0 Å². The molecule has 2 amide bonds. The van der Waals surface area contributed by atoms with E-state index in [0.717, 1.165) is 12.0 Å². The maximum Gasteiger partial charge on any atom is 0.269 e. The second-order valence-electron chi connectivity index (χ2n) is 6.20. The topological polar surface area (TPSA) is 76.7 Å². The number of hydrogen-bond donors (Lipinski definition) is 2. The van der Waals surface area contributed by atoms with Gasteiger partial charge in [0.05, 0.1) is 18.2 Å². The Labute approximate surface area is 175 Å². The van der Waals surface area contributed by atoms with Crippen LogP contribution in [0.5, 0.6) is 11.5 Å². The molecule has 0 radical (unpaired) electrons. The quantitative estimate of drug-likeness (QED) is 0.496. The fourth-order valence-corrected chi connectivity index (χ4v) is 2.79. The van der Waals surface area contributed by atoms with Gasteiger partial charge in [-0.25, -0.2) is 0 Å². The van der Waals surface area contributed by atoms with E-state index in [-0.39, 0.29) is 5.91 Å². The van der Waals surface area contributed by atoms with Crippen molar-refractivity contribution >= 4 is 29.5 Å². The molecular weight excluding hydrogens is 392 g/mol. The van der Waals surface area contributed by atoms with Crippen LogP contribution in [0.25, 0.3) is 6.08 Å². The fourth-order valence-electron chi connectivity index (χ4n) is 2.52. The first-order chi connectivity index (χ1) is 14.0. The number of carbonyl (C=O) groups is 2. The van der Waals surface area contributed by atoms with E-state index >= 15 is 0 Å². The van der Waals surface area contributed by atoms with Gasteiger partial charge in [0, 0.05) is 11.6 Å². The normalized spacial score (nSPS) is 10.6. The Morgan fingerprint density at radius 1 is 1.10 bits per heavy atom. The van der Waals surface area contributed by atoms with Crippen LogP contribution in [-0.4, -0.2) is 25.0 Å². The Bertz CT molecular complexity index is 896. The van der Waals surface area contributed by atoms with Crippen LogP contribution in [0.3, 0.4) is 0 Å². The third-order valence-corrected chi connectivity index (χ3v) is 4.18. The molecule has 2 aromatic rings. The van der Waals surface area contributed by atoms with Crippen molar-refractivity contribution in [2.24, 2.45) is 0 Å². The number of rotatable bonds is 8. The minimum absolute atomic E-state index is 0.385. The first kappa shape index (κ1) is 22.3. The summed E-state index contributed by atoms with van der Waals surface area (Å²) in [6.07, 6.45) is 3.72. The maximum absolute atomic E-state index is 12.1. The summed E-state index contributed by atoms with van der Waals surface area (Å²) in [6.45, 7) is 6.67. The van der Waals surface area contributed by atoms with Gasteiger partial charge in [-0.2, -0.15) is 0 Å². The molecular formula is C22H25ClN2O4. The molecule has 0 atom stereocenters. The number of hydrogen-bond acceptors (Lipinski definition) is 4. The Morgan fingerprint density at radius 2 is 1.86 bits per heavy atom. The Kier molecular flexibility index (Phi) is 8.55. The minimum atomic E-state index is -0.479. The van der Waals surface area contributed by atoms with E-state index in [9.17, 15) is 9.59 Å². The van der Waals surface area contributed by atoms with Crippen molar-refractivity contribution in [1.82, 2.24) is 10.9 Å². The molecule has 0 unspecified atom stereocenters. The van der Waals surface area contributed by atoms with E-state index in [2.05, 4.69) is 10.9 Å². The fraction of sp³-hybridized carbons (Fsp3) is 0.273. The van der Waals surface area contributed by atoms with Gasteiger partial charge in [-0.05, 0) is 55.7 Å². The maximum atomic E-state index is 12.1. The number of ether oxygens (including phenoxy) is 2. The van der Waals surface area contributed by atoms with E-state index < -0.39 is 5.91 Å². The molecule has 154 valence electrons. The van der Waals surface area contributed by atoms with Gasteiger partial charge >= 0.3 is 0 Å². The molecule has 0 aliphatic heterocycles. The molecule has 0 aliphatic rings. The highest BCUT2D eigenvalue weighted by atomic mass is 35.5. The van der Waals surface area contributed by atoms with Gasteiger partial charge in [-0.1, -0.05) is 36.7 Å². The van der Waals surface area contributed by atoms with Crippen LogP contribution < -0.4 is 20.3 Å². The lowest BCUT2D eigenvalue weighted by molar-refractivity contribution is -0.117. The zero-order chi connectivity index (χ0) is 21.2. The molecule has 0 fully saturated rings. The van der Waals surface area contributed by atoms with Gasteiger partial charge in [-0.3, -0.25) is 20.4 Å². The highest BCUT2D eigenvalue weighted by Gasteiger charge is 2.12. The lowest BCUT2D eigenvalue weighted by Gasteiger charge is -2.14. The molecule has 2 rings (SSSR count). The number of benzene rings is 2. The Morgan fingerprint density at radius 3 is 2.55 bits per heavy atom. The molecule has 7 heteroatoms. The molecule has 0 spiro atoms. The van der Waals surface area contributed by atoms with E-state index in [0.29, 0.717) is 40.9 Å². The smallest absolute Gasteiger partial charge is 0.269 e. The third-order valence-electron chi connectivity index (χ3n) is 3.90. The average Bonchev–Trinajstić information content (AvgIpc) is 2.70. The Balaban J connectivity index is 2.03. The summed E-state index contributed by atoms with van der Waals surface area (Å²) in [4.78, 5) is 24.2. The summed E-state index contributed by atoms with van der Waals surface area (Å²) in [6, 6.07) is 10.5. The van der Waals surface area contributed by atoms with Crippen molar-refractivity contribution in [2.75, 3.05) is 13.2 Å². The summed E-state index contributed by atoms with van der Waals surface area (Å²) in [5, 5.41) is 0.400. The molecule has 29 heavy (non-hydrogen) atoms. The van der Waals surface area contributed by atoms with Crippen LogP contribution in [0.2, 0.25) is 5.02 Å². The van der Waals surface area contributed by atoms with Crippen LogP contribution in [0.1, 0.15) is 41.8 Å². The molecule has 0 bridgehead atoms. The number of nitrogens with one attached hydrogen (secondary N) is 2. The summed E-state index contributed by atoms with van der Waals surface area (Å²) >= 11 is 6.31. The second-order valence-corrected chi connectivity index (χ2v) is 6.61. The first-order valence-corrected chi connectivity index (χ1v) is 9.77. The second kappa shape index (κ2) is 11.1. The Hall–Kier alpha value is -2.99. The highest BCUT2D eigenvalue weighted by molar-refractivity contribution is 6.32. The standard InChI is InChI=1S/C22H25ClN2O4/c1-4-12-29-21-18(23)13-16(14-19(21)28-5-2)10-11-20(26)24-25-22(27)17-9-7-6-8-15(17)3/h6-11,13-14H,4-5,12H2,1-3H3,(H,24,26)(H,25,27)/b11-10+. The summed E-state index contributed by atoms with van der Waals surface area (Å²) < 4.78 is 11.3. The summed E-state index contributed by atoms with van der Waals surface area (Å²) in [7, 11) is 0. The van der Waals surface area contributed by atoms with Crippen molar-refractivity contribution < 1.29 is 19.1 Å². The van der Waals surface area contributed by atoms with Crippen LogP contribution in [-0.2, 0) is 4.79 Å². The summed E-state index contributed by atoms with van der Waals surface area (Å²) in [5.41, 5.74) is 6.73. The lowest BCUT2D eigenvalue weighted by Crippen LogP contribution is -2.41. The van der Waals surface area contributed by atoms with Crippen molar-refractivity contribution in [3.05, 3.63) is 64.2 Å². The van der Waals surface area contributed by atoms with Gasteiger partial charge in [0.15, 0.2) is 11.5 Å². The van der Waals surface area contributed by atoms with Gasteiger partial charge in [0.1, 0.15) is 0 Å². The number of aryl methyl sites for hydroxylation is 1. The number of amides is 2. The van der Waals surface area contributed by atoms with Gasteiger partial charge in [0.25, 0.3) is 11.8 Å². The van der Waals surface area contributed by atoms with E-state index in [1.54, 1.807) is 30.3 Å². The SMILES string of the molecule is CCCOc1c(Cl)cc(/C=C/C(=O)NNC(=O)c2ccccc2C)cc1OCC. The zero-order valence-corrected chi connectivity index (χ0v) is 17.5. The third kappa shape index (κ3) is 6.54. The zero-order valence-electron chi connectivity index (χ0n) is 16.8. The van der Waals surface area contributed by atoms with Crippen LogP contribution in [0, 0.1) is 6.92 Å². The number of hydrazine groups is 1. The van der Waals surface area contributed by atoms with Crippen LogP contribution >= 0.6 is 11.6 Å². The number of carbonyl (C=O) groups excluding carboxylic acids is 2. The molecule has 2 N–H and O–H groups in total. The molecule has 2 aromatic carbocycles. The molecule has 0 heterocycles. The van der Waals surface area contributed by atoms with Gasteiger partial charge in [-0.15, -0.1) is 0 Å². The van der Waals surface area contributed by atoms with E-state index in [1.807, 2.05) is 32.9 Å². The van der Waals surface area contributed by atoms with E-state index in [1.165, 1.54) is 6.08 Å².